The van der Waals surface area contributed by atoms with E-state index in [0.29, 0.717) is 6.04 Å². The maximum atomic E-state index is 3.75. The fourth-order valence-electron chi connectivity index (χ4n) is 3.10. The molecule has 1 fully saturated rings. The van der Waals surface area contributed by atoms with Gasteiger partial charge in [0, 0.05) is 11.7 Å². The normalized spacial score (nSPS) is 24.9. The Morgan fingerprint density at radius 3 is 2.56 bits per heavy atom. The number of anilines is 1. The highest BCUT2D eigenvalue weighted by molar-refractivity contribution is 5.50. The highest BCUT2D eigenvalue weighted by Crippen LogP contribution is 2.30. The molecule has 0 aromatic heterocycles. The lowest BCUT2D eigenvalue weighted by molar-refractivity contribution is 0.341. The summed E-state index contributed by atoms with van der Waals surface area (Å²) in [5, 5.41) is 3.75. The fourth-order valence-corrected chi connectivity index (χ4v) is 3.10. The topological polar surface area (TPSA) is 12.0 Å². The Morgan fingerprint density at radius 1 is 1.06 bits per heavy atom. The highest BCUT2D eigenvalue weighted by atomic mass is 14.9. The minimum absolute atomic E-state index is 0.676. The monoisotopic (exact) mass is 245 g/mol. The van der Waals surface area contributed by atoms with E-state index in [-0.39, 0.29) is 0 Å². The molecule has 2 rings (SSSR count). The van der Waals surface area contributed by atoms with Crippen LogP contribution in [0.5, 0.6) is 0 Å². The second kappa shape index (κ2) is 6.26. The Bertz CT molecular complexity index is 370. The first kappa shape index (κ1) is 13.5. The zero-order chi connectivity index (χ0) is 13.0. The predicted molar refractivity (Wildman–Crippen MR) is 80.0 cm³/mol. The van der Waals surface area contributed by atoms with Crippen molar-refractivity contribution in [1.29, 1.82) is 0 Å². The van der Waals surface area contributed by atoms with Gasteiger partial charge in [-0.25, -0.2) is 0 Å². The summed E-state index contributed by atoms with van der Waals surface area (Å²) in [5.74, 6) is 1.79. The van der Waals surface area contributed by atoms with E-state index in [1.165, 1.54) is 43.4 Å². The maximum Gasteiger partial charge on any atom is 0.0372 e. The van der Waals surface area contributed by atoms with Crippen molar-refractivity contribution >= 4 is 5.69 Å². The van der Waals surface area contributed by atoms with Gasteiger partial charge in [0.25, 0.3) is 0 Å². The molecule has 1 N–H and O–H groups in total. The molecule has 1 aromatic carbocycles. The van der Waals surface area contributed by atoms with Gasteiger partial charge < -0.3 is 5.32 Å². The summed E-state index contributed by atoms with van der Waals surface area (Å²) in [4.78, 5) is 0. The van der Waals surface area contributed by atoms with Crippen molar-refractivity contribution in [3.05, 3.63) is 29.8 Å². The van der Waals surface area contributed by atoms with Gasteiger partial charge in [0.2, 0.25) is 0 Å². The Labute approximate surface area is 112 Å². The van der Waals surface area contributed by atoms with Crippen LogP contribution < -0.4 is 5.32 Å². The molecule has 1 aliphatic carbocycles. The van der Waals surface area contributed by atoms with Crippen LogP contribution in [0.15, 0.2) is 24.3 Å². The fraction of sp³-hybridized carbons (Fsp3) is 0.647. The Kier molecular flexibility index (Phi) is 4.68. The number of aryl methyl sites for hydroxylation is 1. The molecule has 1 aliphatic rings. The zero-order valence-electron chi connectivity index (χ0n) is 12.1. The molecule has 2 atom stereocenters. The summed E-state index contributed by atoms with van der Waals surface area (Å²) in [6, 6.07) is 9.32. The average Bonchev–Trinajstić information content (AvgIpc) is 2.58. The standard InChI is InChI=1S/C17H27N/c1-13(2)15-8-6-9-16(12-11-15)18-17-10-5-4-7-14(17)3/h4-5,7,10,13,15-16,18H,6,8-9,11-12H2,1-3H3. The molecule has 100 valence electrons. The van der Waals surface area contributed by atoms with Crippen molar-refractivity contribution in [2.45, 2.75) is 58.9 Å². The van der Waals surface area contributed by atoms with E-state index in [9.17, 15) is 0 Å². The van der Waals surface area contributed by atoms with Crippen molar-refractivity contribution in [3.63, 3.8) is 0 Å². The highest BCUT2D eigenvalue weighted by Gasteiger charge is 2.20. The van der Waals surface area contributed by atoms with Gasteiger partial charge in [-0.1, -0.05) is 44.9 Å². The van der Waals surface area contributed by atoms with Crippen molar-refractivity contribution in [3.8, 4) is 0 Å². The van der Waals surface area contributed by atoms with Gasteiger partial charge >= 0.3 is 0 Å². The molecular formula is C17H27N. The second-order valence-electron chi connectivity index (χ2n) is 6.17. The Balaban J connectivity index is 1.93. The predicted octanol–water partition coefficient (Wildman–Crippen LogP) is 5.01. The molecule has 1 nitrogen and oxygen atoms in total. The molecule has 2 unspecified atom stereocenters. The first-order valence-electron chi connectivity index (χ1n) is 7.49. The van der Waals surface area contributed by atoms with Crippen LogP contribution in [0.3, 0.4) is 0 Å². The number of benzene rings is 1. The van der Waals surface area contributed by atoms with Crippen molar-refractivity contribution in [2.75, 3.05) is 5.32 Å². The minimum atomic E-state index is 0.676. The van der Waals surface area contributed by atoms with E-state index < -0.39 is 0 Å². The Morgan fingerprint density at radius 2 is 1.83 bits per heavy atom. The summed E-state index contributed by atoms with van der Waals surface area (Å²) in [6.07, 6.45) is 6.85. The zero-order valence-corrected chi connectivity index (χ0v) is 12.1. The molecule has 1 heteroatoms. The van der Waals surface area contributed by atoms with E-state index in [0.717, 1.165) is 11.8 Å². The van der Waals surface area contributed by atoms with E-state index >= 15 is 0 Å². The van der Waals surface area contributed by atoms with Gasteiger partial charge in [-0.15, -0.1) is 0 Å². The van der Waals surface area contributed by atoms with Gasteiger partial charge in [0.05, 0.1) is 0 Å². The molecule has 1 saturated carbocycles. The maximum absolute atomic E-state index is 3.75. The average molecular weight is 245 g/mol. The van der Waals surface area contributed by atoms with E-state index in [1.807, 2.05) is 0 Å². The van der Waals surface area contributed by atoms with Crippen molar-refractivity contribution in [1.82, 2.24) is 0 Å². The summed E-state index contributed by atoms with van der Waals surface area (Å²) in [7, 11) is 0. The Hall–Kier alpha value is -0.980. The number of rotatable bonds is 3. The van der Waals surface area contributed by atoms with E-state index in [2.05, 4.69) is 50.4 Å². The van der Waals surface area contributed by atoms with Gasteiger partial charge in [0.1, 0.15) is 0 Å². The second-order valence-corrected chi connectivity index (χ2v) is 6.17. The van der Waals surface area contributed by atoms with Crippen LogP contribution in [0.25, 0.3) is 0 Å². The molecule has 0 spiro atoms. The summed E-state index contributed by atoms with van der Waals surface area (Å²) in [5.41, 5.74) is 2.69. The number of hydrogen-bond donors (Lipinski definition) is 1. The largest absolute Gasteiger partial charge is 0.382 e. The van der Waals surface area contributed by atoms with Gasteiger partial charge in [-0.05, 0) is 49.7 Å². The summed E-state index contributed by atoms with van der Waals surface area (Å²) < 4.78 is 0. The minimum Gasteiger partial charge on any atom is -0.382 e. The lowest BCUT2D eigenvalue weighted by Crippen LogP contribution is -2.19. The first-order valence-corrected chi connectivity index (χ1v) is 7.49. The van der Waals surface area contributed by atoms with Crippen LogP contribution in [0, 0.1) is 18.8 Å². The molecule has 0 amide bonds. The molecule has 0 bridgehead atoms. The third kappa shape index (κ3) is 3.51. The molecular weight excluding hydrogens is 218 g/mol. The third-order valence-corrected chi connectivity index (χ3v) is 4.46. The molecule has 18 heavy (non-hydrogen) atoms. The van der Waals surface area contributed by atoms with Crippen LogP contribution in [0.4, 0.5) is 5.69 Å². The van der Waals surface area contributed by atoms with Crippen molar-refractivity contribution < 1.29 is 0 Å². The number of nitrogens with one attached hydrogen (secondary N) is 1. The van der Waals surface area contributed by atoms with E-state index in [4.69, 9.17) is 0 Å². The molecule has 0 aliphatic heterocycles. The molecule has 0 radical (unpaired) electrons. The molecule has 0 saturated heterocycles. The van der Waals surface area contributed by atoms with Crippen LogP contribution in [-0.4, -0.2) is 6.04 Å². The van der Waals surface area contributed by atoms with Crippen LogP contribution in [0.1, 0.15) is 51.5 Å². The van der Waals surface area contributed by atoms with Crippen LogP contribution in [0.2, 0.25) is 0 Å². The lowest BCUT2D eigenvalue weighted by Gasteiger charge is -2.20. The third-order valence-electron chi connectivity index (χ3n) is 4.46. The quantitative estimate of drug-likeness (QED) is 0.738. The number of hydrogen-bond acceptors (Lipinski definition) is 1. The van der Waals surface area contributed by atoms with Crippen LogP contribution in [-0.2, 0) is 0 Å². The van der Waals surface area contributed by atoms with Gasteiger partial charge in [0.15, 0.2) is 0 Å². The smallest absolute Gasteiger partial charge is 0.0372 e. The van der Waals surface area contributed by atoms with Gasteiger partial charge in [-0.3, -0.25) is 0 Å². The van der Waals surface area contributed by atoms with Gasteiger partial charge in [-0.2, -0.15) is 0 Å². The molecule has 1 aromatic rings. The van der Waals surface area contributed by atoms with E-state index in [1.54, 1.807) is 0 Å². The van der Waals surface area contributed by atoms with Crippen molar-refractivity contribution in [2.24, 2.45) is 11.8 Å². The molecule has 0 heterocycles. The summed E-state index contributed by atoms with van der Waals surface area (Å²) in [6.45, 7) is 6.94. The number of para-hydroxylation sites is 1. The van der Waals surface area contributed by atoms with Crippen LogP contribution >= 0.6 is 0 Å². The lowest BCUT2D eigenvalue weighted by atomic mass is 9.89. The SMILES string of the molecule is Cc1ccccc1NC1CCCC(C(C)C)CC1. The first-order chi connectivity index (χ1) is 8.66. The summed E-state index contributed by atoms with van der Waals surface area (Å²) >= 11 is 0.